The molecule has 2 aromatic carbocycles. The van der Waals surface area contributed by atoms with E-state index in [9.17, 15) is 27.9 Å². The van der Waals surface area contributed by atoms with Crippen molar-refractivity contribution in [3.8, 4) is 11.1 Å². The molecule has 1 aliphatic carbocycles. The maximum atomic E-state index is 12.9. The summed E-state index contributed by atoms with van der Waals surface area (Å²) in [5, 5.41) is 15.4. The van der Waals surface area contributed by atoms with Crippen LogP contribution in [-0.4, -0.2) is 35.6 Å². The first-order chi connectivity index (χ1) is 17.8. The third-order valence-corrected chi connectivity index (χ3v) is 6.95. The van der Waals surface area contributed by atoms with Crippen molar-refractivity contribution < 1.29 is 27.9 Å². The molecule has 1 saturated carbocycles. The van der Waals surface area contributed by atoms with E-state index in [1.807, 2.05) is 0 Å². The van der Waals surface area contributed by atoms with Crippen molar-refractivity contribution in [1.82, 2.24) is 10.6 Å². The zero-order chi connectivity index (χ0) is 26.7. The predicted molar refractivity (Wildman–Crippen MR) is 138 cm³/mol. The highest BCUT2D eigenvalue weighted by Crippen LogP contribution is 2.31. The smallest absolute Gasteiger partial charge is 0.394 e. The van der Waals surface area contributed by atoms with Crippen LogP contribution in [-0.2, 0) is 11.0 Å². The van der Waals surface area contributed by atoms with Crippen LogP contribution in [0, 0.1) is 0 Å². The molecule has 1 fully saturated rings. The van der Waals surface area contributed by atoms with E-state index in [0.29, 0.717) is 11.1 Å². The molecule has 1 aliphatic rings. The average molecular weight is 519 g/mol. The molecule has 0 unspecified atom stereocenters. The number of rotatable bonds is 6. The molecule has 0 aliphatic heterocycles. The maximum Gasteiger partial charge on any atom is 0.416 e. The zero-order valence-electron chi connectivity index (χ0n) is 21.2. The van der Waals surface area contributed by atoms with Gasteiger partial charge in [-0.15, -0.1) is 0 Å². The van der Waals surface area contributed by atoms with Crippen LogP contribution in [0.25, 0.3) is 11.1 Å². The Morgan fingerprint density at radius 3 is 1.70 bits per heavy atom. The van der Waals surface area contributed by atoms with Gasteiger partial charge in [0, 0.05) is 11.6 Å². The van der Waals surface area contributed by atoms with Gasteiger partial charge in [0.05, 0.1) is 12.2 Å². The second kappa shape index (κ2) is 14.2. The maximum absolute atomic E-state index is 12.9. The van der Waals surface area contributed by atoms with Gasteiger partial charge in [0.2, 0.25) is 5.91 Å². The van der Waals surface area contributed by atoms with E-state index in [1.165, 1.54) is 44.2 Å². The summed E-state index contributed by atoms with van der Waals surface area (Å²) in [6.45, 7) is -0.520. The average Bonchev–Trinajstić information content (AvgIpc) is 2.88. The van der Waals surface area contributed by atoms with Gasteiger partial charge in [0.25, 0.3) is 5.91 Å². The summed E-state index contributed by atoms with van der Waals surface area (Å²) >= 11 is 0. The van der Waals surface area contributed by atoms with Crippen molar-refractivity contribution in [1.29, 1.82) is 0 Å². The van der Waals surface area contributed by atoms with E-state index < -0.39 is 36.2 Å². The lowest BCUT2D eigenvalue weighted by atomic mass is 9.97. The van der Waals surface area contributed by atoms with Gasteiger partial charge in [-0.05, 0) is 48.2 Å². The fraction of sp³-hybridized carbons (Fsp3) is 0.517. The van der Waals surface area contributed by atoms with Gasteiger partial charge in [-0.2, -0.15) is 13.2 Å². The quantitative estimate of drug-likeness (QED) is 0.423. The van der Waals surface area contributed by atoms with E-state index in [4.69, 9.17) is 0 Å². The molecule has 37 heavy (non-hydrogen) atoms. The SMILES string of the molecule is O=C(N[C@@H](CO)C(=O)NC1CCCCCCCCCCC1)c1ccc(-c2ccc(C(F)(F)F)cc2)cc1. The predicted octanol–water partition coefficient (Wildman–Crippen LogP) is 6.25. The zero-order valence-corrected chi connectivity index (χ0v) is 21.2. The van der Waals surface area contributed by atoms with Gasteiger partial charge in [0.15, 0.2) is 0 Å². The van der Waals surface area contributed by atoms with E-state index in [-0.39, 0.29) is 11.6 Å². The first kappa shape index (κ1) is 28.7. The molecule has 2 aromatic rings. The van der Waals surface area contributed by atoms with Crippen molar-refractivity contribution in [2.24, 2.45) is 0 Å². The summed E-state index contributed by atoms with van der Waals surface area (Å²) in [4.78, 5) is 25.6. The van der Waals surface area contributed by atoms with Crippen LogP contribution in [0.15, 0.2) is 48.5 Å². The van der Waals surface area contributed by atoms with Gasteiger partial charge in [-0.25, -0.2) is 0 Å². The first-order valence-corrected chi connectivity index (χ1v) is 13.3. The minimum absolute atomic E-state index is 0.0286. The van der Waals surface area contributed by atoms with Crippen LogP contribution < -0.4 is 10.6 Å². The van der Waals surface area contributed by atoms with Gasteiger partial charge < -0.3 is 15.7 Å². The highest BCUT2D eigenvalue weighted by Gasteiger charge is 2.30. The molecular weight excluding hydrogens is 481 g/mol. The lowest BCUT2D eigenvalue weighted by Gasteiger charge is -2.23. The third-order valence-electron chi connectivity index (χ3n) is 6.95. The summed E-state index contributed by atoms with van der Waals surface area (Å²) in [7, 11) is 0. The third kappa shape index (κ3) is 9.18. The van der Waals surface area contributed by atoms with Crippen LogP contribution in [0.5, 0.6) is 0 Å². The summed E-state index contributed by atoms with van der Waals surface area (Å²) in [5.41, 5.74) is 0.804. The molecule has 202 valence electrons. The Hall–Kier alpha value is -2.87. The standard InChI is InChI=1S/C29H37F3N2O3/c30-29(31,32)24-18-16-22(17-19-24)21-12-14-23(15-13-21)27(36)34-26(20-35)28(37)33-25-10-8-6-4-2-1-3-5-7-9-11-25/h12-19,25-26,35H,1-11,20H2,(H,33,37)(H,34,36)/t26-/m0/s1. The second-order valence-corrected chi connectivity index (χ2v) is 9.83. The Bertz CT molecular complexity index is 979. The van der Waals surface area contributed by atoms with E-state index in [0.717, 1.165) is 50.7 Å². The van der Waals surface area contributed by atoms with E-state index in [1.54, 1.807) is 24.3 Å². The number of aliphatic hydroxyl groups is 1. The number of benzene rings is 2. The van der Waals surface area contributed by atoms with Crippen molar-refractivity contribution in [3.05, 3.63) is 59.7 Å². The summed E-state index contributed by atoms with van der Waals surface area (Å²) in [5.74, 6) is -0.902. The number of amides is 2. The monoisotopic (exact) mass is 518 g/mol. The van der Waals surface area contributed by atoms with Gasteiger partial charge in [0.1, 0.15) is 6.04 Å². The van der Waals surface area contributed by atoms with Gasteiger partial charge in [-0.1, -0.05) is 82.1 Å². The summed E-state index contributed by atoms with van der Waals surface area (Å²) < 4.78 is 38.4. The van der Waals surface area contributed by atoms with Gasteiger partial charge in [-0.3, -0.25) is 9.59 Å². The number of carbonyl (C=O) groups excluding carboxylic acids is 2. The molecule has 0 bridgehead atoms. The molecule has 0 saturated heterocycles. The lowest BCUT2D eigenvalue weighted by molar-refractivity contribution is -0.137. The molecule has 3 N–H and O–H groups in total. The van der Waals surface area contributed by atoms with Crippen LogP contribution in [0.3, 0.4) is 0 Å². The number of halogens is 3. The molecule has 0 spiro atoms. The van der Waals surface area contributed by atoms with Crippen LogP contribution in [0.2, 0.25) is 0 Å². The lowest BCUT2D eigenvalue weighted by Crippen LogP contribution is -2.51. The molecule has 1 atom stereocenters. The second-order valence-electron chi connectivity index (χ2n) is 9.83. The Labute approximate surface area is 216 Å². The number of aliphatic hydroxyl groups excluding tert-OH is 1. The Morgan fingerprint density at radius 2 is 1.24 bits per heavy atom. The number of alkyl halides is 3. The largest absolute Gasteiger partial charge is 0.416 e. The summed E-state index contributed by atoms with van der Waals surface area (Å²) in [6.07, 6.45) is 8.04. The van der Waals surface area contributed by atoms with E-state index in [2.05, 4.69) is 10.6 Å². The van der Waals surface area contributed by atoms with Crippen molar-refractivity contribution >= 4 is 11.8 Å². The number of carbonyl (C=O) groups is 2. The van der Waals surface area contributed by atoms with E-state index >= 15 is 0 Å². The molecule has 8 heteroatoms. The fourth-order valence-corrected chi connectivity index (χ4v) is 4.71. The minimum atomic E-state index is -4.40. The molecule has 0 aromatic heterocycles. The van der Waals surface area contributed by atoms with Crippen molar-refractivity contribution in [2.75, 3.05) is 6.61 Å². The van der Waals surface area contributed by atoms with Crippen LogP contribution in [0.1, 0.15) is 86.6 Å². The first-order valence-electron chi connectivity index (χ1n) is 13.3. The van der Waals surface area contributed by atoms with Crippen molar-refractivity contribution in [2.45, 2.75) is 88.9 Å². The number of hydrogen-bond donors (Lipinski definition) is 3. The van der Waals surface area contributed by atoms with Gasteiger partial charge >= 0.3 is 6.18 Å². The number of hydrogen-bond acceptors (Lipinski definition) is 3. The topological polar surface area (TPSA) is 78.4 Å². The molecule has 2 amide bonds. The molecule has 3 rings (SSSR count). The highest BCUT2D eigenvalue weighted by molar-refractivity contribution is 5.98. The Morgan fingerprint density at radius 1 is 0.784 bits per heavy atom. The Kier molecular flexibility index (Phi) is 11.0. The summed E-state index contributed by atoms with van der Waals surface area (Å²) in [6, 6.07) is 10.1. The highest BCUT2D eigenvalue weighted by atomic mass is 19.4. The normalized spacial score (nSPS) is 17.2. The van der Waals surface area contributed by atoms with Crippen LogP contribution in [0.4, 0.5) is 13.2 Å². The van der Waals surface area contributed by atoms with Crippen molar-refractivity contribution in [3.63, 3.8) is 0 Å². The Balaban J connectivity index is 1.57. The molecular formula is C29H37F3N2O3. The minimum Gasteiger partial charge on any atom is -0.394 e. The molecule has 5 nitrogen and oxygen atoms in total. The number of nitrogens with one attached hydrogen (secondary N) is 2. The molecule has 0 heterocycles. The fourth-order valence-electron chi connectivity index (χ4n) is 4.71. The molecule has 0 radical (unpaired) electrons. The van der Waals surface area contributed by atoms with Crippen LogP contribution >= 0.6 is 0 Å².